The zero-order valence-electron chi connectivity index (χ0n) is 29.8. The van der Waals surface area contributed by atoms with Crippen LogP contribution < -0.4 is 5.32 Å². The molecule has 0 saturated heterocycles. The summed E-state index contributed by atoms with van der Waals surface area (Å²) in [5.41, 5.74) is 1.94. The predicted molar refractivity (Wildman–Crippen MR) is 210 cm³/mol. The largest absolute Gasteiger partial charge is 0.507 e. The molecule has 0 bridgehead atoms. The fourth-order valence-electron chi connectivity index (χ4n) is 4.07. The number of nitrogens with zero attached hydrogens (tertiary/aromatic N) is 3. The van der Waals surface area contributed by atoms with Crippen molar-refractivity contribution in [2.24, 2.45) is 0 Å². The monoisotopic (exact) mass is 692 g/mol. The zero-order valence-corrected chi connectivity index (χ0v) is 31.4. The number of rotatable bonds is 11. The number of aromatic hydroxyl groups is 1. The van der Waals surface area contributed by atoms with Crippen LogP contribution in [0.5, 0.6) is 5.75 Å². The third-order valence-corrected chi connectivity index (χ3v) is 7.95. The molecule has 0 radical (unpaired) electrons. The molecule has 0 fully saturated rings. The van der Waals surface area contributed by atoms with E-state index in [0.29, 0.717) is 22.0 Å². The van der Waals surface area contributed by atoms with Gasteiger partial charge in [0.1, 0.15) is 5.75 Å². The van der Waals surface area contributed by atoms with E-state index in [4.69, 9.17) is 11.4 Å². The second-order valence-corrected chi connectivity index (χ2v) is 14.4. The summed E-state index contributed by atoms with van der Waals surface area (Å²) in [6.45, 7) is 14.7. The van der Waals surface area contributed by atoms with E-state index < -0.39 is 0 Å². The zero-order chi connectivity index (χ0) is 36.7. The minimum atomic E-state index is -0.272. The van der Waals surface area contributed by atoms with Crippen molar-refractivity contribution < 1.29 is 5.11 Å². The number of hydrogen-bond acceptors (Lipinski definition) is 7. The highest BCUT2D eigenvalue weighted by Crippen LogP contribution is 2.41. The van der Waals surface area contributed by atoms with Crippen molar-refractivity contribution in [1.82, 2.24) is 15.0 Å². The third-order valence-electron chi connectivity index (χ3n) is 6.45. The summed E-state index contributed by atoms with van der Waals surface area (Å²) >= 11 is 2.77. The molecule has 7 heteroatoms. The van der Waals surface area contributed by atoms with Crippen molar-refractivity contribution in [3.8, 4) is 112 Å². The standard InChI is InChI=1S/C43H40N4OS2/c1-9-11-13-15-17-18-19-20-21-22-23-24-25-26-28-30-32-50-41-46-39(45-40(47-41)49-31-29-27-16-14-12-10-2)44-35-33-36(42(3,4)5)38(48)37(34-35)43(6,7)8/h1,33-34,48H,10,12,14,16,27,29,31H2,2-8H3,(H,44,45,46,47). The van der Waals surface area contributed by atoms with Crippen LogP contribution in [0.25, 0.3) is 0 Å². The molecular weight excluding hydrogens is 653 g/mol. The molecule has 0 unspecified atom stereocenters. The van der Waals surface area contributed by atoms with Gasteiger partial charge in [0.15, 0.2) is 5.16 Å². The smallest absolute Gasteiger partial charge is 0.232 e. The van der Waals surface area contributed by atoms with Crippen molar-refractivity contribution in [2.45, 2.75) is 108 Å². The van der Waals surface area contributed by atoms with Crippen LogP contribution in [0.15, 0.2) is 22.4 Å². The van der Waals surface area contributed by atoms with E-state index in [1.54, 1.807) is 11.8 Å². The van der Waals surface area contributed by atoms with Gasteiger partial charge in [-0.15, -0.1) is 6.42 Å². The first-order valence-corrected chi connectivity index (χ1v) is 17.9. The molecule has 1 aromatic heterocycles. The fraction of sp³-hybridized carbons (Fsp3) is 0.372. The normalized spacial score (nSPS) is 9.40. The van der Waals surface area contributed by atoms with E-state index in [9.17, 15) is 5.11 Å². The van der Waals surface area contributed by atoms with Crippen LogP contribution in [0.1, 0.15) is 98.1 Å². The van der Waals surface area contributed by atoms with Crippen molar-refractivity contribution in [3.63, 3.8) is 0 Å². The molecule has 250 valence electrons. The maximum absolute atomic E-state index is 11.2. The topological polar surface area (TPSA) is 70.9 Å². The summed E-state index contributed by atoms with van der Waals surface area (Å²) in [7, 11) is 0. The Hall–Kier alpha value is -5.43. The summed E-state index contributed by atoms with van der Waals surface area (Å²) in [4.78, 5) is 14.0. The van der Waals surface area contributed by atoms with E-state index in [1.807, 2.05) is 12.1 Å². The molecule has 0 aliphatic heterocycles. The highest BCUT2D eigenvalue weighted by molar-refractivity contribution is 8.03. The lowest BCUT2D eigenvalue weighted by Crippen LogP contribution is -2.18. The number of terminal acetylenes is 1. The van der Waals surface area contributed by atoms with Crippen LogP contribution in [0, 0.1) is 106 Å². The molecule has 0 aliphatic carbocycles. The van der Waals surface area contributed by atoms with E-state index in [-0.39, 0.29) is 10.8 Å². The molecule has 1 aromatic carbocycles. The maximum Gasteiger partial charge on any atom is 0.232 e. The summed E-state index contributed by atoms with van der Waals surface area (Å²) in [6, 6.07) is 3.92. The minimum absolute atomic E-state index is 0.272. The van der Waals surface area contributed by atoms with Crippen LogP contribution in [0.2, 0.25) is 0 Å². The van der Waals surface area contributed by atoms with Crippen LogP contribution in [0.3, 0.4) is 0 Å². The average Bonchev–Trinajstić information content (AvgIpc) is 3.05. The molecule has 5 nitrogen and oxygen atoms in total. The van der Waals surface area contributed by atoms with E-state index in [0.717, 1.165) is 40.7 Å². The Balaban J connectivity index is 2.23. The highest BCUT2D eigenvalue weighted by Gasteiger charge is 2.27. The van der Waals surface area contributed by atoms with E-state index >= 15 is 0 Å². The molecule has 2 aromatic rings. The molecule has 0 amide bonds. The minimum Gasteiger partial charge on any atom is -0.507 e. The number of thioether (sulfide) groups is 2. The number of aromatic nitrogens is 3. The van der Waals surface area contributed by atoms with E-state index in [1.165, 1.54) is 32.1 Å². The number of phenols is 1. The van der Waals surface area contributed by atoms with Gasteiger partial charge in [0.2, 0.25) is 11.1 Å². The molecule has 50 heavy (non-hydrogen) atoms. The van der Waals surface area contributed by atoms with Crippen molar-refractivity contribution in [2.75, 3.05) is 11.1 Å². The SMILES string of the molecule is C#CC#CC#CC#CC#CC#CC#CC#CC#CSc1nc(Nc2cc(C(C)(C)C)c(O)c(C(C)(C)C)c2)nc(SCCCCCCCC)n1. The lowest BCUT2D eigenvalue weighted by Gasteiger charge is -2.28. The van der Waals surface area contributed by atoms with Crippen molar-refractivity contribution in [1.29, 1.82) is 0 Å². The maximum atomic E-state index is 11.2. The van der Waals surface area contributed by atoms with E-state index in [2.05, 4.69) is 164 Å². The third kappa shape index (κ3) is 16.6. The summed E-state index contributed by atoms with van der Waals surface area (Å²) in [6.07, 6.45) is 12.3. The quantitative estimate of drug-likeness (QED) is 0.107. The Kier molecular flexibility index (Phi) is 18.1. The molecule has 0 saturated carbocycles. The first-order valence-electron chi connectivity index (χ1n) is 16.1. The van der Waals surface area contributed by atoms with Gasteiger partial charge in [0, 0.05) is 34.3 Å². The molecule has 0 aliphatic rings. The van der Waals surface area contributed by atoms with Gasteiger partial charge in [-0.25, -0.2) is 0 Å². The van der Waals surface area contributed by atoms with Crippen molar-refractivity contribution in [3.05, 3.63) is 23.3 Å². The Morgan fingerprint density at radius 3 is 1.60 bits per heavy atom. The second-order valence-electron chi connectivity index (χ2n) is 12.6. The first-order chi connectivity index (χ1) is 24.0. The summed E-state index contributed by atoms with van der Waals surface area (Å²) < 4.78 is 0. The molecule has 2 rings (SSSR count). The molecule has 0 spiro atoms. The number of nitrogens with one attached hydrogen (secondary N) is 1. The predicted octanol–water partition coefficient (Wildman–Crippen LogP) is 8.08. The Bertz CT molecular complexity index is 2040. The Morgan fingerprint density at radius 2 is 1.10 bits per heavy atom. The number of benzene rings is 1. The lowest BCUT2D eigenvalue weighted by atomic mass is 9.79. The molecule has 2 N–H and O–H groups in total. The summed E-state index contributed by atoms with van der Waals surface area (Å²) in [5, 5.41) is 18.6. The highest BCUT2D eigenvalue weighted by atomic mass is 32.2. The number of hydrogen-bond donors (Lipinski definition) is 2. The summed E-state index contributed by atoms with van der Waals surface area (Å²) in [5.74, 6) is 42.1. The van der Waals surface area contributed by atoms with Gasteiger partial charge in [0.25, 0.3) is 0 Å². The van der Waals surface area contributed by atoms with Gasteiger partial charge in [-0.1, -0.05) is 92.3 Å². The van der Waals surface area contributed by atoms with Crippen LogP contribution in [-0.4, -0.2) is 25.8 Å². The Morgan fingerprint density at radius 1 is 0.640 bits per heavy atom. The fourth-order valence-corrected chi connectivity index (χ4v) is 5.42. The molecular formula is C43H40N4OS2. The van der Waals surface area contributed by atoms with Gasteiger partial charge >= 0.3 is 0 Å². The number of anilines is 2. The van der Waals surface area contributed by atoms with Gasteiger partial charge in [-0.3, -0.25) is 0 Å². The second kappa shape index (κ2) is 22.3. The lowest BCUT2D eigenvalue weighted by molar-refractivity contribution is 0.423. The van der Waals surface area contributed by atoms with Crippen LogP contribution in [-0.2, 0) is 10.8 Å². The van der Waals surface area contributed by atoms with Crippen LogP contribution in [0.4, 0.5) is 11.6 Å². The first kappa shape index (κ1) is 40.7. The van der Waals surface area contributed by atoms with Crippen LogP contribution >= 0.6 is 23.5 Å². The Labute approximate surface area is 308 Å². The molecule has 1 heterocycles. The number of phenolic OH excluding ortho intramolecular Hbond substituents is 1. The van der Waals surface area contributed by atoms with Gasteiger partial charge in [-0.2, -0.15) is 15.0 Å². The van der Waals surface area contributed by atoms with Gasteiger partial charge < -0.3 is 10.4 Å². The number of unbranched alkanes of at least 4 members (excludes halogenated alkanes) is 5. The van der Waals surface area contributed by atoms with Gasteiger partial charge in [-0.05, 0) is 129 Å². The molecule has 0 atom stereocenters. The van der Waals surface area contributed by atoms with Crippen molar-refractivity contribution >= 4 is 35.2 Å². The van der Waals surface area contributed by atoms with Gasteiger partial charge in [0.05, 0.1) is 0 Å². The average molecular weight is 693 g/mol.